The average Bonchev–Trinajstić information content (AvgIpc) is 3.84. The van der Waals surface area contributed by atoms with Crippen molar-refractivity contribution < 1.29 is 22.7 Å². The molecule has 1 amide bonds. The molecule has 5 rings (SSSR count). The van der Waals surface area contributed by atoms with Crippen LogP contribution in [-0.2, 0) is 24.3 Å². The maximum absolute atomic E-state index is 14.5. The van der Waals surface area contributed by atoms with Gasteiger partial charge in [-0.25, -0.2) is 12.7 Å². The van der Waals surface area contributed by atoms with Crippen LogP contribution in [0.4, 0.5) is 0 Å². The number of likely N-dealkylation sites (tertiary alicyclic amines) is 1. The second kappa shape index (κ2) is 10.7. The van der Waals surface area contributed by atoms with Crippen molar-refractivity contribution in [3.8, 4) is 0 Å². The van der Waals surface area contributed by atoms with Gasteiger partial charge >= 0.3 is 5.97 Å². The topological polar surface area (TPSA) is 84.0 Å². The van der Waals surface area contributed by atoms with E-state index < -0.39 is 33.4 Å². The molecule has 10 heteroatoms. The van der Waals surface area contributed by atoms with E-state index in [1.54, 1.807) is 19.2 Å². The summed E-state index contributed by atoms with van der Waals surface area (Å²) in [6.07, 6.45) is 2.75. The lowest BCUT2D eigenvalue weighted by Crippen LogP contribution is -2.56. The molecule has 5 atom stereocenters. The molecular formula is C29H34Cl2N2O5S. The highest BCUT2D eigenvalue weighted by Gasteiger charge is 2.69. The van der Waals surface area contributed by atoms with Crippen molar-refractivity contribution in [1.82, 2.24) is 9.21 Å². The number of piperidine rings is 1. The van der Waals surface area contributed by atoms with Crippen molar-refractivity contribution in [3.05, 3.63) is 69.7 Å². The highest BCUT2D eigenvalue weighted by atomic mass is 35.5. The summed E-state index contributed by atoms with van der Waals surface area (Å²) in [5.41, 5.74) is 0.960. The molecule has 0 N–H and O–H groups in total. The number of likely N-dealkylation sites (N-methyl/N-ethyl adjacent to an activating group) is 1. The number of benzene rings is 2. The van der Waals surface area contributed by atoms with Crippen LogP contribution >= 0.6 is 23.2 Å². The van der Waals surface area contributed by atoms with E-state index in [1.165, 1.54) is 11.4 Å². The normalized spacial score (nSPS) is 27.6. The van der Waals surface area contributed by atoms with Crippen LogP contribution < -0.4 is 0 Å². The fourth-order valence-corrected chi connectivity index (χ4v) is 8.25. The molecule has 1 aliphatic heterocycles. The van der Waals surface area contributed by atoms with Gasteiger partial charge in [-0.15, -0.1) is 0 Å². The lowest BCUT2D eigenvalue weighted by atomic mass is 9.72. The molecule has 2 aromatic carbocycles. The third kappa shape index (κ3) is 5.21. The zero-order chi connectivity index (χ0) is 28.1. The third-order valence-corrected chi connectivity index (χ3v) is 11.5. The predicted molar refractivity (Wildman–Crippen MR) is 151 cm³/mol. The van der Waals surface area contributed by atoms with Gasteiger partial charge in [0.25, 0.3) is 0 Å². The number of amides is 1. The van der Waals surface area contributed by atoms with E-state index in [-0.39, 0.29) is 29.6 Å². The van der Waals surface area contributed by atoms with E-state index in [1.807, 2.05) is 48.2 Å². The molecule has 2 aliphatic carbocycles. The van der Waals surface area contributed by atoms with Gasteiger partial charge in [-0.1, -0.05) is 54.4 Å². The number of esters is 1. The van der Waals surface area contributed by atoms with Crippen molar-refractivity contribution in [2.75, 3.05) is 20.7 Å². The van der Waals surface area contributed by atoms with Gasteiger partial charge in [-0.2, -0.15) is 0 Å². The molecule has 39 heavy (non-hydrogen) atoms. The zero-order valence-corrected chi connectivity index (χ0v) is 24.7. The number of nitrogens with zero attached hydrogens (tertiary/aromatic N) is 2. The Balaban J connectivity index is 1.63. The molecule has 7 nitrogen and oxygen atoms in total. The summed E-state index contributed by atoms with van der Waals surface area (Å²) in [6.45, 7) is 2.14. The van der Waals surface area contributed by atoms with Crippen LogP contribution in [0.25, 0.3) is 0 Å². The fraction of sp³-hybridized carbons (Fsp3) is 0.517. The maximum Gasteiger partial charge on any atom is 0.309 e. The molecular weight excluding hydrogens is 559 g/mol. The van der Waals surface area contributed by atoms with Crippen molar-refractivity contribution in [2.24, 2.45) is 11.3 Å². The number of rotatable bonds is 9. The molecule has 1 spiro atoms. The van der Waals surface area contributed by atoms with E-state index in [0.717, 1.165) is 11.1 Å². The van der Waals surface area contributed by atoms with Crippen LogP contribution in [-0.4, -0.2) is 61.5 Å². The highest BCUT2D eigenvalue weighted by Crippen LogP contribution is 2.65. The van der Waals surface area contributed by atoms with Crippen LogP contribution in [0.15, 0.2) is 48.5 Å². The zero-order valence-electron chi connectivity index (χ0n) is 22.3. The lowest BCUT2D eigenvalue weighted by molar-refractivity contribution is -0.155. The second-order valence-corrected chi connectivity index (χ2v) is 14.3. The summed E-state index contributed by atoms with van der Waals surface area (Å²) in [4.78, 5) is 29.1. The van der Waals surface area contributed by atoms with Gasteiger partial charge in [-0.3, -0.25) is 9.59 Å². The van der Waals surface area contributed by atoms with E-state index in [4.69, 9.17) is 27.9 Å². The Labute approximate surface area is 240 Å². The summed E-state index contributed by atoms with van der Waals surface area (Å²) in [5.74, 6) is -1.23. The van der Waals surface area contributed by atoms with Crippen LogP contribution in [0.3, 0.4) is 0 Å². The summed E-state index contributed by atoms with van der Waals surface area (Å²) in [5, 5.41) is 0.822. The smallest absolute Gasteiger partial charge is 0.309 e. The Morgan fingerprint density at radius 1 is 1.10 bits per heavy atom. The average molecular weight is 594 g/mol. The minimum atomic E-state index is -3.44. The first-order valence-corrected chi connectivity index (χ1v) is 15.7. The minimum absolute atomic E-state index is 0.125. The summed E-state index contributed by atoms with van der Waals surface area (Å²) < 4.78 is 32.6. The molecule has 0 radical (unpaired) electrons. The standard InChI is InChI=1S/C29H34Cl2N2O5S/c1-4-22(17-32(2)39(36,37)23-12-13-23)33-26(18-8-10-20(30)11-9-18)24(19-6-5-7-21(31)14-19)15-29(28(33)35)16-25(29)27(34)38-3/h5-11,14,22-26H,4,12-13,15-17H2,1-3H3/t22-,24+,25-,26+,29-/m0/s1. The van der Waals surface area contributed by atoms with Gasteiger partial charge in [0, 0.05) is 35.6 Å². The van der Waals surface area contributed by atoms with Gasteiger partial charge < -0.3 is 9.64 Å². The molecule has 1 heterocycles. The number of carbonyl (C=O) groups is 2. The summed E-state index contributed by atoms with van der Waals surface area (Å²) >= 11 is 12.7. The van der Waals surface area contributed by atoms with Crippen molar-refractivity contribution in [2.45, 2.75) is 62.3 Å². The Kier molecular flexibility index (Phi) is 7.79. The number of halogens is 2. The lowest BCUT2D eigenvalue weighted by Gasteiger charge is -2.49. The number of methoxy groups -OCH3 is 1. The van der Waals surface area contributed by atoms with Crippen LogP contribution in [0.1, 0.15) is 62.1 Å². The van der Waals surface area contributed by atoms with E-state index in [9.17, 15) is 18.0 Å². The first kappa shape index (κ1) is 28.4. The number of sulfonamides is 1. The first-order chi connectivity index (χ1) is 18.5. The second-order valence-electron chi connectivity index (χ2n) is 11.1. The van der Waals surface area contributed by atoms with Crippen LogP contribution in [0.2, 0.25) is 10.0 Å². The van der Waals surface area contributed by atoms with E-state index in [2.05, 4.69) is 0 Å². The van der Waals surface area contributed by atoms with Gasteiger partial charge in [-0.05, 0) is 67.5 Å². The van der Waals surface area contributed by atoms with Crippen molar-refractivity contribution >= 4 is 45.1 Å². The number of hydrogen-bond acceptors (Lipinski definition) is 5. The van der Waals surface area contributed by atoms with Gasteiger partial charge in [0.05, 0.1) is 29.7 Å². The Morgan fingerprint density at radius 3 is 2.38 bits per heavy atom. The molecule has 3 aliphatic rings. The maximum atomic E-state index is 14.5. The molecule has 0 bridgehead atoms. The number of carbonyl (C=O) groups excluding carboxylic acids is 2. The Morgan fingerprint density at radius 2 is 1.79 bits per heavy atom. The molecule has 210 valence electrons. The fourth-order valence-electron chi connectivity index (χ4n) is 6.31. The molecule has 2 aromatic rings. The Bertz CT molecular complexity index is 1360. The van der Waals surface area contributed by atoms with Crippen LogP contribution in [0.5, 0.6) is 0 Å². The van der Waals surface area contributed by atoms with Gasteiger partial charge in [0.15, 0.2) is 0 Å². The van der Waals surface area contributed by atoms with Gasteiger partial charge in [0.1, 0.15) is 0 Å². The SMILES string of the molecule is CC[C@@H](CN(C)S(=O)(=O)C1CC1)N1C(=O)[C@@]2(C[C@H](c3cccc(Cl)c3)[C@H]1c1ccc(Cl)cc1)C[C@H]2C(=O)OC. The molecule has 1 saturated heterocycles. The van der Waals surface area contributed by atoms with E-state index >= 15 is 0 Å². The van der Waals surface area contributed by atoms with E-state index in [0.29, 0.717) is 42.1 Å². The quantitative estimate of drug-likeness (QED) is 0.362. The monoisotopic (exact) mass is 592 g/mol. The van der Waals surface area contributed by atoms with Crippen molar-refractivity contribution in [3.63, 3.8) is 0 Å². The first-order valence-electron chi connectivity index (χ1n) is 13.4. The predicted octanol–water partition coefficient (Wildman–Crippen LogP) is 5.43. The third-order valence-electron chi connectivity index (χ3n) is 8.69. The molecule has 3 fully saturated rings. The largest absolute Gasteiger partial charge is 0.469 e. The van der Waals surface area contributed by atoms with Crippen LogP contribution in [0, 0.1) is 11.3 Å². The van der Waals surface area contributed by atoms with Crippen molar-refractivity contribution in [1.29, 1.82) is 0 Å². The Hall–Kier alpha value is -2.13. The van der Waals surface area contributed by atoms with Gasteiger partial charge in [0.2, 0.25) is 15.9 Å². The molecule has 2 saturated carbocycles. The minimum Gasteiger partial charge on any atom is -0.469 e. The number of ether oxygens (including phenoxy) is 1. The number of hydrogen-bond donors (Lipinski definition) is 0. The molecule has 0 aromatic heterocycles. The molecule has 0 unspecified atom stereocenters. The summed E-state index contributed by atoms with van der Waals surface area (Å²) in [7, 11) is -0.499. The summed E-state index contributed by atoms with van der Waals surface area (Å²) in [6, 6.07) is 14.3. The highest BCUT2D eigenvalue weighted by molar-refractivity contribution is 7.90.